The molecule has 0 aliphatic heterocycles. The van der Waals surface area contributed by atoms with Gasteiger partial charge in [0.1, 0.15) is 0 Å². The van der Waals surface area contributed by atoms with Gasteiger partial charge in [-0.1, -0.05) is 0 Å². The summed E-state index contributed by atoms with van der Waals surface area (Å²) in [6.07, 6.45) is -3.36. The Hall–Kier alpha value is -3.82. The Bertz CT molecular complexity index is 1440. The fraction of sp³-hybridized carbons (Fsp3) is 0.0270. The molecule has 0 spiro atoms. The summed E-state index contributed by atoms with van der Waals surface area (Å²) in [6.45, 7) is 0.204. The third-order valence-electron chi connectivity index (χ3n) is 8.30. The van der Waals surface area contributed by atoms with Crippen LogP contribution in [0.1, 0.15) is 0 Å². The molecule has 39 heavy (non-hydrogen) atoms. The molecule has 0 N–H and O–H groups in total. The molecule has 0 radical (unpaired) electrons. The monoisotopic (exact) mass is 539 g/mol. The van der Waals surface area contributed by atoms with Gasteiger partial charge in [0.05, 0.1) is 0 Å². The Kier molecular flexibility index (Phi) is 6.78. The van der Waals surface area contributed by atoms with Crippen LogP contribution in [0.25, 0.3) is 0 Å². The molecule has 6 rings (SSSR count). The minimum atomic E-state index is -3.36. The second-order valence-corrected chi connectivity index (χ2v) is 22.3. The van der Waals surface area contributed by atoms with Crippen LogP contribution in [0.3, 0.4) is 0 Å². The van der Waals surface area contributed by atoms with Crippen molar-refractivity contribution in [3.05, 3.63) is 182 Å². The van der Waals surface area contributed by atoms with Crippen molar-refractivity contribution < 1.29 is 0 Å². The van der Waals surface area contributed by atoms with Gasteiger partial charge < -0.3 is 0 Å². The molecule has 6 aromatic rings. The average molecular weight is 540 g/mol. The topological polar surface area (TPSA) is 0 Å². The van der Waals surface area contributed by atoms with Gasteiger partial charge in [-0.05, 0) is 0 Å². The third-order valence-corrected chi connectivity index (χ3v) is 26.3. The van der Waals surface area contributed by atoms with E-state index in [1.807, 2.05) is 0 Å². The summed E-state index contributed by atoms with van der Waals surface area (Å²) >= 11 is 0. The Morgan fingerprint density at radius 2 is 0.513 bits per heavy atom. The Morgan fingerprint density at radius 1 is 0.308 bits per heavy atom. The van der Waals surface area contributed by atoms with Crippen molar-refractivity contribution in [2.75, 3.05) is 6.66 Å². The van der Waals surface area contributed by atoms with Gasteiger partial charge >= 0.3 is 234 Å². The molecule has 0 bridgehead atoms. The summed E-state index contributed by atoms with van der Waals surface area (Å²) in [5.41, 5.74) is 0. The van der Waals surface area contributed by atoms with Crippen LogP contribution >= 0.6 is 13.2 Å². The van der Waals surface area contributed by atoms with Crippen molar-refractivity contribution in [3.8, 4) is 0 Å². The van der Waals surface area contributed by atoms with Crippen molar-refractivity contribution in [2.45, 2.75) is 0 Å². The van der Waals surface area contributed by atoms with Crippen LogP contribution in [-0.2, 0) is 0 Å². The number of hydrogen-bond donors (Lipinski definition) is 0. The molecule has 0 aliphatic carbocycles. The summed E-state index contributed by atoms with van der Waals surface area (Å²) in [4.78, 5) is 0. The van der Waals surface area contributed by atoms with Crippen molar-refractivity contribution in [3.63, 3.8) is 0 Å². The van der Waals surface area contributed by atoms with Gasteiger partial charge in [0.25, 0.3) is 0 Å². The molecule has 0 aromatic heterocycles. The molecule has 0 atom stereocenters. The summed E-state index contributed by atoms with van der Waals surface area (Å²) < 4.78 is 0. The average Bonchev–Trinajstić information content (AvgIpc) is 3.04. The van der Waals surface area contributed by atoms with E-state index in [1.165, 1.54) is 31.8 Å². The normalized spacial score (nSPS) is 12.8. The van der Waals surface area contributed by atoms with Crippen molar-refractivity contribution >= 4 is 45.1 Å². The molecule has 0 unspecified atom stereocenters. The molecule has 0 fully saturated rings. The Morgan fingerprint density at radius 3 is 0.744 bits per heavy atom. The SMILES string of the molecule is CP(c1ccccc1)(c1ccccc1)(c1ccccc1)[P+](c1ccccc1)(c1ccccc1)c1ccccc1. The van der Waals surface area contributed by atoms with Crippen LogP contribution in [0.15, 0.2) is 182 Å². The number of rotatable bonds is 7. The molecule has 2 heteroatoms. The zero-order chi connectivity index (χ0) is 26.6. The molecule has 6 aromatic carbocycles. The first kappa shape index (κ1) is 25.5. The molecule has 190 valence electrons. The first-order valence-corrected chi connectivity index (χ1v) is 18.6. The van der Waals surface area contributed by atoms with E-state index >= 15 is 0 Å². The zero-order valence-corrected chi connectivity index (χ0v) is 24.0. The van der Waals surface area contributed by atoms with Gasteiger partial charge in [0.15, 0.2) is 0 Å². The standard InChI is InChI=1S/C37H33P2/c1-39(35-26-14-5-15-27-35,36-28-16-6-17-29-36,37-30-18-7-19-31-37)38(32-20-8-2-9-21-32,33-22-10-3-11-23-33)34-24-12-4-13-25-34/h2-31H,1H3/q+1. The Balaban J connectivity index is 1.99. The molecule has 0 nitrogen and oxygen atoms in total. The fourth-order valence-corrected chi connectivity index (χ4v) is 26.4. The molecule has 0 saturated carbocycles. The number of hydrogen-bond acceptors (Lipinski definition) is 0. The first-order valence-electron chi connectivity index (χ1n) is 13.5. The molecular weight excluding hydrogens is 506 g/mol. The van der Waals surface area contributed by atoms with E-state index in [9.17, 15) is 0 Å². The minimum absolute atomic E-state index is 1.40. The van der Waals surface area contributed by atoms with Gasteiger partial charge in [0, 0.05) is 0 Å². The van der Waals surface area contributed by atoms with E-state index in [1.54, 1.807) is 0 Å². The summed E-state index contributed by atoms with van der Waals surface area (Å²) in [5.74, 6) is 0. The van der Waals surface area contributed by atoms with Crippen molar-refractivity contribution in [1.29, 1.82) is 0 Å². The van der Waals surface area contributed by atoms with Gasteiger partial charge in [0.2, 0.25) is 0 Å². The second kappa shape index (κ2) is 10.4. The second-order valence-electron chi connectivity index (χ2n) is 10.2. The van der Waals surface area contributed by atoms with E-state index < -0.39 is 13.2 Å². The Labute approximate surface area is 233 Å². The van der Waals surface area contributed by atoms with E-state index in [4.69, 9.17) is 0 Å². The van der Waals surface area contributed by atoms with E-state index in [-0.39, 0.29) is 0 Å². The quantitative estimate of drug-likeness (QED) is 0.191. The van der Waals surface area contributed by atoms with E-state index in [2.05, 4.69) is 189 Å². The van der Waals surface area contributed by atoms with Crippen LogP contribution in [0.4, 0.5) is 0 Å². The number of benzene rings is 6. The summed E-state index contributed by atoms with van der Waals surface area (Å²) in [7, 11) is 0. The van der Waals surface area contributed by atoms with Crippen molar-refractivity contribution in [1.82, 2.24) is 0 Å². The summed E-state index contributed by atoms with van der Waals surface area (Å²) in [6, 6.07) is 68.2. The summed E-state index contributed by atoms with van der Waals surface area (Å²) in [5, 5.41) is 8.43. The van der Waals surface area contributed by atoms with Crippen LogP contribution in [0.5, 0.6) is 0 Å². The van der Waals surface area contributed by atoms with Crippen LogP contribution in [0, 0.1) is 0 Å². The third kappa shape index (κ3) is 3.67. The molecule has 0 heterocycles. The van der Waals surface area contributed by atoms with Crippen molar-refractivity contribution in [2.24, 2.45) is 0 Å². The molecule has 0 saturated heterocycles. The predicted molar refractivity (Wildman–Crippen MR) is 176 cm³/mol. The van der Waals surface area contributed by atoms with Gasteiger partial charge in [-0.3, -0.25) is 0 Å². The predicted octanol–water partition coefficient (Wildman–Crippen LogP) is 7.06. The molecular formula is C37H33P2+. The van der Waals surface area contributed by atoms with Crippen LogP contribution in [-0.4, -0.2) is 6.66 Å². The maximum absolute atomic E-state index is 3.36. The van der Waals surface area contributed by atoms with E-state index in [0.717, 1.165) is 0 Å². The molecule has 0 aliphatic rings. The van der Waals surface area contributed by atoms with Gasteiger partial charge in [-0.25, -0.2) is 0 Å². The van der Waals surface area contributed by atoms with Gasteiger partial charge in [-0.15, -0.1) is 0 Å². The molecule has 0 amide bonds. The van der Waals surface area contributed by atoms with Crippen LogP contribution < -0.4 is 31.8 Å². The van der Waals surface area contributed by atoms with Crippen LogP contribution in [0.2, 0.25) is 0 Å². The van der Waals surface area contributed by atoms with E-state index in [0.29, 0.717) is 0 Å². The first-order chi connectivity index (χ1) is 19.2. The fourth-order valence-electron chi connectivity index (χ4n) is 6.59. The van der Waals surface area contributed by atoms with Gasteiger partial charge in [-0.2, -0.15) is 0 Å². The maximum atomic E-state index is 2.65. The zero-order valence-electron chi connectivity index (χ0n) is 22.2.